The standard InChI is InChI=1S/C8H16N2O2/c1-6(2)4-5-9-10-7(3)8(11)12/h6,9H,4-5H2,1-3H3,(H,11,12). The van der Waals surface area contributed by atoms with Crippen molar-refractivity contribution in [2.45, 2.75) is 27.2 Å². The quantitative estimate of drug-likeness (QED) is 0.370. The third-order valence-electron chi connectivity index (χ3n) is 1.39. The van der Waals surface area contributed by atoms with Gasteiger partial charge in [-0.15, -0.1) is 0 Å². The second-order valence-electron chi connectivity index (χ2n) is 3.09. The Kier molecular flexibility index (Phi) is 5.08. The smallest absolute Gasteiger partial charge is 0.351 e. The zero-order valence-corrected chi connectivity index (χ0v) is 7.79. The minimum Gasteiger partial charge on any atom is -0.477 e. The minimum absolute atomic E-state index is 0.0961. The fraction of sp³-hybridized carbons (Fsp3) is 0.750. The maximum absolute atomic E-state index is 10.3. The molecule has 0 unspecified atom stereocenters. The third kappa shape index (κ3) is 5.70. The van der Waals surface area contributed by atoms with Gasteiger partial charge < -0.3 is 10.5 Å². The number of hydrogen-bond acceptors (Lipinski definition) is 3. The molecule has 0 aromatic carbocycles. The molecule has 0 saturated carbocycles. The van der Waals surface area contributed by atoms with Crippen LogP contribution in [-0.4, -0.2) is 23.3 Å². The first-order chi connectivity index (χ1) is 5.54. The Morgan fingerprint density at radius 2 is 2.17 bits per heavy atom. The molecule has 0 radical (unpaired) electrons. The first-order valence-corrected chi connectivity index (χ1v) is 4.04. The first kappa shape index (κ1) is 10.9. The zero-order chi connectivity index (χ0) is 9.56. The molecule has 0 saturated heterocycles. The van der Waals surface area contributed by atoms with Gasteiger partial charge in [0.05, 0.1) is 0 Å². The van der Waals surface area contributed by atoms with Crippen LogP contribution in [0.5, 0.6) is 0 Å². The van der Waals surface area contributed by atoms with Crippen molar-refractivity contribution < 1.29 is 9.90 Å². The van der Waals surface area contributed by atoms with Crippen molar-refractivity contribution in [3.05, 3.63) is 0 Å². The number of nitrogens with one attached hydrogen (secondary N) is 1. The van der Waals surface area contributed by atoms with Crippen molar-refractivity contribution >= 4 is 11.7 Å². The van der Waals surface area contributed by atoms with E-state index in [1.165, 1.54) is 6.92 Å². The molecule has 0 aliphatic carbocycles. The lowest BCUT2D eigenvalue weighted by atomic mass is 10.1. The summed E-state index contributed by atoms with van der Waals surface area (Å²) in [5, 5.41) is 12.1. The van der Waals surface area contributed by atoms with E-state index in [-0.39, 0.29) is 5.71 Å². The van der Waals surface area contributed by atoms with Gasteiger partial charge >= 0.3 is 5.97 Å². The molecule has 2 N–H and O–H groups in total. The molecule has 4 nitrogen and oxygen atoms in total. The van der Waals surface area contributed by atoms with Crippen LogP contribution in [0.3, 0.4) is 0 Å². The van der Waals surface area contributed by atoms with Crippen LogP contribution in [0.15, 0.2) is 5.10 Å². The van der Waals surface area contributed by atoms with Gasteiger partial charge in [-0.1, -0.05) is 13.8 Å². The van der Waals surface area contributed by atoms with Crippen LogP contribution in [0.4, 0.5) is 0 Å². The number of nitrogens with zero attached hydrogens (tertiary/aromatic N) is 1. The number of carboxylic acid groups (broad SMARTS) is 1. The van der Waals surface area contributed by atoms with Crippen molar-refractivity contribution in [3.63, 3.8) is 0 Å². The van der Waals surface area contributed by atoms with Crippen LogP contribution in [-0.2, 0) is 4.79 Å². The Morgan fingerprint density at radius 1 is 1.58 bits per heavy atom. The van der Waals surface area contributed by atoms with Crippen molar-refractivity contribution in [3.8, 4) is 0 Å². The van der Waals surface area contributed by atoms with Crippen molar-refractivity contribution in [1.82, 2.24) is 5.43 Å². The van der Waals surface area contributed by atoms with Gasteiger partial charge in [0.25, 0.3) is 0 Å². The predicted octanol–water partition coefficient (Wildman–Crippen LogP) is 1.08. The lowest BCUT2D eigenvalue weighted by Crippen LogP contribution is -2.16. The Labute approximate surface area is 72.7 Å². The molecule has 0 amide bonds. The molecule has 0 aliphatic heterocycles. The van der Waals surface area contributed by atoms with E-state index in [1.54, 1.807) is 0 Å². The number of carbonyl (C=O) groups is 1. The van der Waals surface area contributed by atoms with E-state index in [0.29, 0.717) is 5.92 Å². The summed E-state index contributed by atoms with van der Waals surface area (Å²) in [4.78, 5) is 10.3. The average Bonchev–Trinajstić information content (AvgIpc) is 1.97. The van der Waals surface area contributed by atoms with Crippen LogP contribution < -0.4 is 5.43 Å². The van der Waals surface area contributed by atoms with Gasteiger partial charge in [0.15, 0.2) is 0 Å². The molecule has 0 heterocycles. The molecule has 70 valence electrons. The number of rotatable bonds is 5. The molecule has 0 fully saturated rings. The molecular formula is C8H16N2O2. The zero-order valence-electron chi connectivity index (χ0n) is 7.79. The maximum atomic E-state index is 10.3. The van der Waals surface area contributed by atoms with Gasteiger partial charge in [-0.05, 0) is 19.3 Å². The Balaban J connectivity index is 3.54. The maximum Gasteiger partial charge on any atom is 0.351 e. The molecular weight excluding hydrogens is 156 g/mol. The molecule has 4 heteroatoms. The highest BCUT2D eigenvalue weighted by molar-refractivity contribution is 6.34. The van der Waals surface area contributed by atoms with Gasteiger partial charge in [-0.3, -0.25) is 0 Å². The molecule has 0 spiro atoms. The van der Waals surface area contributed by atoms with Crippen molar-refractivity contribution in [2.75, 3.05) is 6.54 Å². The summed E-state index contributed by atoms with van der Waals surface area (Å²) in [5.41, 5.74) is 2.80. The topological polar surface area (TPSA) is 61.7 Å². The number of carboxylic acids is 1. The Morgan fingerprint density at radius 3 is 2.58 bits per heavy atom. The lowest BCUT2D eigenvalue weighted by molar-refractivity contribution is -0.129. The van der Waals surface area contributed by atoms with Gasteiger partial charge in [-0.25, -0.2) is 4.79 Å². The van der Waals surface area contributed by atoms with Crippen LogP contribution >= 0.6 is 0 Å². The minimum atomic E-state index is -0.980. The SMILES string of the molecule is CC(=NNCCC(C)C)C(=O)O. The lowest BCUT2D eigenvalue weighted by Gasteiger charge is -2.03. The highest BCUT2D eigenvalue weighted by Crippen LogP contribution is 1.95. The average molecular weight is 172 g/mol. The second-order valence-corrected chi connectivity index (χ2v) is 3.09. The second kappa shape index (κ2) is 5.57. The highest BCUT2D eigenvalue weighted by Gasteiger charge is 1.99. The van der Waals surface area contributed by atoms with E-state index in [0.717, 1.165) is 13.0 Å². The molecule has 12 heavy (non-hydrogen) atoms. The molecule has 0 aliphatic rings. The van der Waals surface area contributed by atoms with E-state index in [1.807, 2.05) is 0 Å². The fourth-order valence-electron chi connectivity index (χ4n) is 0.576. The third-order valence-corrected chi connectivity index (χ3v) is 1.39. The monoisotopic (exact) mass is 172 g/mol. The van der Waals surface area contributed by atoms with Gasteiger partial charge in [0.1, 0.15) is 5.71 Å². The van der Waals surface area contributed by atoms with Gasteiger partial charge in [0, 0.05) is 6.54 Å². The summed E-state index contributed by atoms with van der Waals surface area (Å²) >= 11 is 0. The van der Waals surface area contributed by atoms with Crippen LogP contribution in [0.1, 0.15) is 27.2 Å². The van der Waals surface area contributed by atoms with E-state index in [2.05, 4.69) is 24.4 Å². The molecule has 0 rings (SSSR count). The van der Waals surface area contributed by atoms with Crippen LogP contribution in [0, 0.1) is 5.92 Å². The van der Waals surface area contributed by atoms with Gasteiger partial charge in [-0.2, -0.15) is 5.10 Å². The summed E-state index contributed by atoms with van der Waals surface area (Å²) in [7, 11) is 0. The van der Waals surface area contributed by atoms with Crippen molar-refractivity contribution in [2.24, 2.45) is 11.0 Å². The summed E-state index contributed by atoms with van der Waals surface area (Å²) in [6, 6.07) is 0. The highest BCUT2D eigenvalue weighted by atomic mass is 16.4. The van der Waals surface area contributed by atoms with Gasteiger partial charge in [0.2, 0.25) is 0 Å². The normalized spacial score (nSPS) is 11.8. The molecule has 0 bridgehead atoms. The summed E-state index contributed by atoms with van der Waals surface area (Å²) in [5.74, 6) is -0.370. The number of hydrogen-bond donors (Lipinski definition) is 2. The van der Waals surface area contributed by atoms with E-state index in [4.69, 9.17) is 5.11 Å². The molecule has 0 atom stereocenters. The first-order valence-electron chi connectivity index (χ1n) is 4.04. The predicted molar refractivity (Wildman–Crippen MR) is 48.2 cm³/mol. The summed E-state index contributed by atoms with van der Waals surface area (Å²) in [6.07, 6.45) is 0.996. The van der Waals surface area contributed by atoms with E-state index < -0.39 is 5.97 Å². The van der Waals surface area contributed by atoms with Crippen molar-refractivity contribution in [1.29, 1.82) is 0 Å². The van der Waals surface area contributed by atoms with E-state index in [9.17, 15) is 4.79 Å². The molecule has 0 aromatic heterocycles. The Bertz CT molecular complexity index is 176. The number of aliphatic carboxylic acids is 1. The fourth-order valence-corrected chi connectivity index (χ4v) is 0.576. The van der Waals surface area contributed by atoms with E-state index >= 15 is 0 Å². The van der Waals surface area contributed by atoms with Crippen LogP contribution in [0.25, 0.3) is 0 Å². The number of hydrazone groups is 1. The van der Waals surface area contributed by atoms with Crippen LogP contribution in [0.2, 0.25) is 0 Å². The summed E-state index contributed by atoms with van der Waals surface area (Å²) in [6.45, 7) is 6.40. The largest absolute Gasteiger partial charge is 0.477 e. The Hall–Kier alpha value is -1.06. The molecule has 0 aromatic rings. The summed E-state index contributed by atoms with van der Waals surface area (Å²) < 4.78 is 0.